The fourth-order valence-electron chi connectivity index (χ4n) is 1.90. The van der Waals surface area contributed by atoms with Crippen LogP contribution in [-0.4, -0.2) is 6.21 Å². The Kier molecular flexibility index (Phi) is 3.72. The van der Waals surface area contributed by atoms with Crippen LogP contribution < -0.4 is 0 Å². The maximum atomic E-state index is 4.38. The molecule has 0 unspecified atom stereocenters. The molecule has 0 heterocycles. The molecule has 0 radical (unpaired) electrons. The van der Waals surface area contributed by atoms with Gasteiger partial charge in [-0.1, -0.05) is 42.3 Å². The Balaban J connectivity index is 1.94. The predicted molar refractivity (Wildman–Crippen MR) is 65.2 cm³/mol. The lowest BCUT2D eigenvalue weighted by molar-refractivity contribution is 0.598. The van der Waals surface area contributed by atoms with Crippen molar-refractivity contribution in [3.8, 4) is 0 Å². The predicted octanol–water partition coefficient (Wildman–Crippen LogP) is 3.95. The first kappa shape index (κ1) is 10.2. The van der Waals surface area contributed by atoms with Crippen molar-refractivity contribution < 1.29 is 0 Å². The maximum Gasteiger partial charge on any atom is 0.0340 e. The summed E-state index contributed by atoms with van der Waals surface area (Å²) in [6.45, 7) is 0. The minimum Gasteiger partial charge on any atom is -0.264 e. The van der Waals surface area contributed by atoms with Crippen LogP contribution in [0.5, 0.6) is 0 Å². The molecule has 1 nitrogen and oxygen atoms in total. The molecule has 0 N–H and O–H groups in total. The zero-order chi connectivity index (χ0) is 10.3. The molecular weight excluding hydrogens is 182 g/mol. The third-order valence-corrected chi connectivity index (χ3v) is 2.78. The Labute approximate surface area is 91.6 Å². The van der Waals surface area contributed by atoms with E-state index >= 15 is 0 Å². The number of benzene rings is 1. The van der Waals surface area contributed by atoms with Gasteiger partial charge in [0.2, 0.25) is 0 Å². The maximum absolute atomic E-state index is 4.38. The summed E-state index contributed by atoms with van der Waals surface area (Å²) in [5.74, 6) is 0. The van der Waals surface area contributed by atoms with E-state index in [1.807, 2.05) is 30.6 Å². The summed E-state index contributed by atoms with van der Waals surface area (Å²) in [7, 11) is 0. The number of aliphatic imine (C=N–C) groups is 1. The first-order chi connectivity index (χ1) is 7.45. The lowest BCUT2D eigenvalue weighted by Gasteiger charge is -2.11. The van der Waals surface area contributed by atoms with Gasteiger partial charge >= 0.3 is 0 Å². The zero-order valence-corrected chi connectivity index (χ0v) is 9.02. The van der Waals surface area contributed by atoms with Crippen molar-refractivity contribution in [2.45, 2.75) is 32.1 Å². The number of rotatable bonds is 2. The average molecular weight is 199 g/mol. The third kappa shape index (κ3) is 3.35. The minimum absolute atomic E-state index is 1.17. The second-order valence-electron chi connectivity index (χ2n) is 4.04. The van der Waals surface area contributed by atoms with E-state index in [4.69, 9.17) is 0 Å². The van der Waals surface area contributed by atoms with E-state index in [1.54, 1.807) is 0 Å². The highest BCUT2D eigenvalue weighted by Crippen LogP contribution is 2.22. The van der Waals surface area contributed by atoms with E-state index in [9.17, 15) is 0 Å². The van der Waals surface area contributed by atoms with Gasteiger partial charge in [-0.3, -0.25) is 4.99 Å². The smallest absolute Gasteiger partial charge is 0.0340 e. The minimum atomic E-state index is 1.17. The van der Waals surface area contributed by atoms with Crippen LogP contribution in [-0.2, 0) is 0 Å². The summed E-state index contributed by atoms with van der Waals surface area (Å²) < 4.78 is 0. The molecular formula is C14H17N. The van der Waals surface area contributed by atoms with E-state index in [2.05, 4.69) is 17.1 Å². The largest absolute Gasteiger partial charge is 0.264 e. The second-order valence-corrected chi connectivity index (χ2v) is 4.04. The van der Waals surface area contributed by atoms with Crippen molar-refractivity contribution in [1.29, 1.82) is 0 Å². The molecule has 15 heavy (non-hydrogen) atoms. The van der Waals surface area contributed by atoms with Crippen LogP contribution in [0.1, 0.15) is 37.7 Å². The molecule has 1 aliphatic carbocycles. The Hall–Kier alpha value is -1.37. The zero-order valence-electron chi connectivity index (χ0n) is 9.02. The van der Waals surface area contributed by atoms with Gasteiger partial charge in [0.25, 0.3) is 0 Å². The standard InChI is InChI=1S/C14H17N/c1-3-7-13(8-4-1)11-15-12-14-9-5-2-6-10-14/h1,3-4,7-8,11-12H,2,5-6,9-10H2. The van der Waals surface area contributed by atoms with E-state index in [0.717, 1.165) is 0 Å². The summed E-state index contributed by atoms with van der Waals surface area (Å²) in [6.07, 6.45) is 10.5. The molecule has 1 aromatic carbocycles. The van der Waals surface area contributed by atoms with Crippen LogP contribution in [0.2, 0.25) is 0 Å². The van der Waals surface area contributed by atoms with Crippen molar-refractivity contribution in [3.05, 3.63) is 47.7 Å². The first-order valence-corrected chi connectivity index (χ1v) is 5.71. The van der Waals surface area contributed by atoms with Crippen molar-refractivity contribution in [2.75, 3.05) is 0 Å². The van der Waals surface area contributed by atoms with Crippen LogP contribution >= 0.6 is 0 Å². The number of nitrogens with zero attached hydrogens (tertiary/aromatic N) is 1. The number of hydrogen-bond donors (Lipinski definition) is 0. The van der Waals surface area contributed by atoms with Gasteiger partial charge in [0.1, 0.15) is 0 Å². The summed E-state index contributed by atoms with van der Waals surface area (Å²) in [5, 5.41) is 0. The third-order valence-electron chi connectivity index (χ3n) is 2.78. The van der Waals surface area contributed by atoms with Gasteiger partial charge < -0.3 is 0 Å². The highest BCUT2D eigenvalue weighted by Gasteiger charge is 2.03. The molecule has 2 rings (SSSR count). The Morgan fingerprint density at radius 2 is 1.67 bits per heavy atom. The molecule has 0 bridgehead atoms. The van der Waals surface area contributed by atoms with Gasteiger partial charge in [-0.05, 0) is 31.2 Å². The molecule has 1 heteroatoms. The van der Waals surface area contributed by atoms with Gasteiger partial charge in [-0.25, -0.2) is 0 Å². The summed E-state index contributed by atoms with van der Waals surface area (Å²) >= 11 is 0. The van der Waals surface area contributed by atoms with E-state index in [-0.39, 0.29) is 0 Å². The average Bonchev–Trinajstić information content (AvgIpc) is 2.32. The topological polar surface area (TPSA) is 12.4 Å². The van der Waals surface area contributed by atoms with E-state index in [1.165, 1.54) is 43.2 Å². The summed E-state index contributed by atoms with van der Waals surface area (Å²) in [6, 6.07) is 10.2. The molecule has 78 valence electrons. The molecule has 1 fully saturated rings. The molecule has 0 spiro atoms. The molecule has 0 saturated heterocycles. The number of hydrogen-bond acceptors (Lipinski definition) is 1. The van der Waals surface area contributed by atoms with Gasteiger partial charge in [0, 0.05) is 12.4 Å². The van der Waals surface area contributed by atoms with Crippen LogP contribution in [0.15, 0.2) is 47.1 Å². The fraction of sp³-hybridized carbons (Fsp3) is 0.357. The number of allylic oxidation sites excluding steroid dienone is 1. The summed E-state index contributed by atoms with van der Waals surface area (Å²) in [5.41, 5.74) is 2.68. The van der Waals surface area contributed by atoms with Crippen LogP contribution in [0.3, 0.4) is 0 Å². The second kappa shape index (κ2) is 5.50. The van der Waals surface area contributed by atoms with Crippen molar-refractivity contribution in [3.63, 3.8) is 0 Å². The molecule has 0 atom stereocenters. The molecule has 0 aliphatic heterocycles. The van der Waals surface area contributed by atoms with E-state index < -0.39 is 0 Å². The van der Waals surface area contributed by atoms with Gasteiger partial charge in [0.05, 0.1) is 0 Å². The van der Waals surface area contributed by atoms with Gasteiger partial charge in [-0.2, -0.15) is 0 Å². The molecule has 0 aromatic heterocycles. The highest BCUT2D eigenvalue weighted by molar-refractivity contribution is 5.79. The molecule has 1 saturated carbocycles. The Bertz CT molecular complexity index is 341. The van der Waals surface area contributed by atoms with Gasteiger partial charge in [-0.15, -0.1) is 0 Å². The first-order valence-electron chi connectivity index (χ1n) is 5.71. The lowest BCUT2D eigenvalue weighted by Crippen LogP contribution is -1.92. The SMILES string of the molecule is C(=NC=C1CCCCC1)c1ccccc1. The Morgan fingerprint density at radius 3 is 2.40 bits per heavy atom. The van der Waals surface area contributed by atoms with Crippen molar-refractivity contribution in [1.82, 2.24) is 0 Å². The fourth-order valence-corrected chi connectivity index (χ4v) is 1.90. The van der Waals surface area contributed by atoms with Crippen LogP contribution in [0.4, 0.5) is 0 Å². The Morgan fingerprint density at radius 1 is 0.933 bits per heavy atom. The summed E-state index contributed by atoms with van der Waals surface area (Å²) in [4.78, 5) is 4.38. The van der Waals surface area contributed by atoms with Crippen molar-refractivity contribution in [2.24, 2.45) is 4.99 Å². The lowest BCUT2D eigenvalue weighted by atomic mass is 9.96. The van der Waals surface area contributed by atoms with Crippen LogP contribution in [0.25, 0.3) is 0 Å². The van der Waals surface area contributed by atoms with Crippen LogP contribution in [0, 0.1) is 0 Å². The van der Waals surface area contributed by atoms with E-state index in [0.29, 0.717) is 0 Å². The monoisotopic (exact) mass is 199 g/mol. The molecule has 1 aromatic rings. The normalized spacial score (nSPS) is 16.9. The quantitative estimate of drug-likeness (QED) is 0.639. The molecule has 1 aliphatic rings. The molecule has 0 amide bonds. The van der Waals surface area contributed by atoms with Gasteiger partial charge in [0.15, 0.2) is 0 Å². The van der Waals surface area contributed by atoms with Crippen molar-refractivity contribution >= 4 is 6.21 Å². The highest BCUT2D eigenvalue weighted by atomic mass is 14.7.